The van der Waals surface area contributed by atoms with Crippen molar-refractivity contribution >= 4 is 29.0 Å². The van der Waals surface area contributed by atoms with Crippen LogP contribution in [0.25, 0.3) is 0 Å². The predicted molar refractivity (Wildman–Crippen MR) is 113 cm³/mol. The zero-order chi connectivity index (χ0) is 21.1. The van der Waals surface area contributed by atoms with Crippen LogP contribution in [0.1, 0.15) is 57.5 Å². The highest BCUT2D eigenvalue weighted by molar-refractivity contribution is 6.14. The Morgan fingerprint density at radius 1 is 0.750 bits per heavy atom. The quantitative estimate of drug-likeness (QED) is 0.578. The van der Waals surface area contributed by atoms with E-state index in [4.69, 9.17) is 0 Å². The average molecular weight is 380 g/mol. The van der Waals surface area contributed by atoms with Crippen molar-refractivity contribution in [1.29, 1.82) is 0 Å². The van der Waals surface area contributed by atoms with E-state index in [2.05, 4.69) is 31.4 Å². The van der Waals surface area contributed by atoms with Crippen LogP contribution >= 0.6 is 0 Å². The van der Waals surface area contributed by atoms with Crippen molar-refractivity contribution in [2.75, 3.05) is 10.6 Å². The molecule has 5 heteroatoms. The van der Waals surface area contributed by atoms with Crippen LogP contribution in [0.5, 0.6) is 0 Å². The second-order valence-corrected chi connectivity index (χ2v) is 8.50. The molecule has 148 valence electrons. The number of rotatable bonds is 5. The number of nitrogens with one attached hydrogen (secondary N) is 2. The third kappa shape index (κ3) is 5.06. The number of ketones is 1. The van der Waals surface area contributed by atoms with E-state index >= 15 is 0 Å². The van der Waals surface area contributed by atoms with Gasteiger partial charge in [0, 0.05) is 16.9 Å². The molecule has 28 heavy (non-hydrogen) atoms. The van der Waals surface area contributed by atoms with Crippen molar-refractivity contribution in [1.82, 2.24) is 0 Å². The third-order valence-electron chi connectivity index (χ3n) is 4.67. The SMILES string of the molecule is CC(=O)c1cccc(NC(=O)C(C)(C)C(=O)Nc2ccc(C(C)(C)C)cc2)c1. The normalized spacial score (nSPS) is 11.6. The molecule has 2 aromatic rings. The Bertz CT molecular complexity index is 891. The molecule has 0 fully saturated rings. The van der Waals surface area contributed by atoms with E-state index in [0.29, 0.717) is 16.9 Å². The smallest absolute Gasteiger partial charge is 0.239 e. The molecule has 0 aromatic heterocycles. The summed E-state index contributed by atoms with van der Waals surface area (Å²) < 4.78 is 0. The van der Waals surface area contributed by atoms with Crippen LogP contribution in [0, 0.1) is 5.41 Å². The molecule has 2 rings (SSSR count). The minimum atomic E-state index is -1.30. The molecule has 5 nitrogen and oxygen atoms in total. The molecular formula is C23H28N2O3. The molecule has 0 saturated carbocycles. The van der Waals surface area contributed by atoms with E-state index in [1.807, 2.05) is 24.3 Å². The maximum absolute atomic E-state index is 12.7. The maximum atomic E-state index is 12.7. The number of benzene rings is 2. The van der Waals surface area contributed by atoms with Crippen molar-refractivity contribution < 1.29 is 14.4 Å². The van der Waals surface area contributed by atoms with Gasteiger partial charge in [-0.3, -0.25) is 14.4 Å². The van der Waals surface area contributed by atoms with E-state index in [0.717, 1.165) is 5.56 Å². The molecule has 0 saturated heterocycles. The third-order valence-corrected chi connectivity index (χ3v) is 4.67. The molecule has 0 aliphatic rings. The van der Waals surface area contributed by atoms with Crippen LogP contribution in [-0.4, -0.2) is 17.6 Å². The highest BCUT2D eigenvalue weighted by Gasteiger charge is 2.36. The van der Waals surface area contributed by atoms with Gasteiger partial charge in [0.05, 0.1) is 0 Å². The predicted octanol–water partition coefficient (Wildman–Crippen LogP) is 4.79. The fourth-order valence-corrected chi connectivity index (χ4v) is 2.55. The number of Topliss-reactive ketones (excluding diaryl/α,β-unsaturated/α-hetero) is 1. The van der Waals surface area contributed by atoms with Crippen LogP contribution in [0.2, 0.25) is 0 Å². The summed E-state index contributed by atoms with van der Waals surface area (Å²) in [5, 5.41) is 5.52. The van der Waals surface area contributed by atoms with Gasteiger partial charge in [-0.25, -0.2) is 0 Å². The average Bonchev–Trinajstić information content (AvgIpc) is 2.61. The van der Waals surface area contributed by atoms with Crippen molar-refractivity contribution in [2.45, 2.75) is 47.0 Å². The molecule has 0 radical (unpaired) electrons. The van der Waals surface area contributed by atoms with Crippen molar-refractivity contribution in [3.8, 4) is 0 Å². The van der Waals surface area contributed by atoms with Gasteiger partial charge in [-0.05, 0) is 56.0 Å². The van der Waals surface area contributed by atoms with E-state index in [9.17, 15) is 14.4 Å². The highest BCUT2D eigenvalue weighted by atomic mass is 16.2. The van der Waals surface area contributed by atoms with Gasteiger partial charge in [0.2, 0.25) is 11.8 Å². The van der Waals surface area contributed by atoms with E-state index < -0.39 is 17.2 Å². The molecule has 0 unspecified atom stereocenters. The number of anilines is 2. The summed E-state index contributed by atoms with van der Waals surface area (Å²) in [5.41, 5.74) is 1.50. The highest BCUT2D eigenvalue weighted by Crippen LogP contribution is 2.25. The maximum Gasteiger partial charge on any atom is 0.239 e. The molecule has 2 amide bonds. The number of amides is 2. The number of hydrogen-bond acceptors (Lipinski definition) is 3. The Kier molecular flexibility index (Phi) is 6.07. The van der Waals surface area contributed by atoms with Gasteiger partial charge in [0.1, 0.15) is 5.41 Å². The molecule has 0 aliphatic carbocycles. The number of carbonyl (C=O) groups is 3. The minimum absolute atomic E-state index is 0.0239. The molecular weight excluding hydrogens is 352 g/mol. The van der Waals surface area contributed by atoms with E-state index in [-0.39, 0.29) is 11.2 Å². The van der Waals surface area contributed by atoms with Gasteiger partial charge < -0.3 is 10.6 Å². The molecule has 0 aliphatic heterocycles. The lowest BCUT2D eigenvalue weighted by molar-refractivity contribution is -0.135. The Balaban J connectivity index is 2.10. The van der Waals surface area contributed by atoms with Gasteiger partial charge in [-0.15, -0.1) is 0 Å². The lowest BCUT2D eigenvalue weighted by atomic mass is 9.87. The number of hydrogen-bond donors (Lipinski definition) is 2. The topological polar surface area (TPSA) is 75.3 Å². The first-order chi connectivity index (χ1) is 12.9. The summed E-state index contributed by atoms with van der Waals surface area (Å²) in [6.07, 6.45) is 0. The first-order valence-corrected chi connectivity index (χ1v) is 9.26. The molecule has 0 spiro atoms. The van der Waals surface area contributed by atoms with Crippen LogP contribution < -0.4 is 10.6 Å². The monoisotopic (exact) mass is 380 g/mol. The summed E-state index contributed by atoms with van der Waals surface area (Å²) in [7, 11) is 0. The minimum Gasteiger partial charge on any atom is -0.325 e. The first-order valence-electron chi connectivity index (χ1n) is 9.26. The van der Waals surface area contributed by atoms with E-state index in [1.54, 1.807) is 38.1 Å². The van der Waals surface area contributed by atoms with Gasteiger partial charge in [0.15, 0.2) is 5.78 Å². The van der Waals surface area contributed by atoms with Gasteiger partial charge in [-0.1, -0.05) is 45.0 Å². The van der Waals surface area contributed by atoms with Gasteiger partial charge in [0.25, 0.3) is 0 Å². The summed E-state index contributed by atoms with van der Waals surface area (Å²) >= 11 is 0. The van der Waals surface area contributed by atoms with Gasteiger partial charge in [-0.2, -0.15) is 0 Å². The summed E-state index contributed by atoms with van der Waals surface area (Å²) in [6.45, 7) is 11.0. The van der Waals surface area contributed by atoms with Gasteiger partial charge >= 0.3 is 0 Å². The summed E-state index contributed by atoms with van der Waals surface area (Å²) in [4.78, 5) is 36.9. The Labute approximate surface area is 166 Å². The zero-order valence-electron chi connectivity index (χ0n) is 17.3. The number of carbonyl (C=O) groups excluding carboxylic acids is 3. The zero-order valence-corrected chi connectivity index (χ0v) is 17.3. The van der Waals surface area contributed by atoms with Crippen molar-refractivity contribution in [2.24, 2.45) is 5.41 Å². The second-order valence-electron chi connectivity index (χ2n) is 8.50. The summed E-state index contributed by atoms with van der Waals surface area (Å²) in [5.74, 6) is -0.944. The van der Waals surface area contributed by atoms with Crippen LogP contribution in [-0.2, 0) is 15.0 Å². The van der Waals surface area contributed by atoms with Crippen LogP contribution in [0.3, 0.4) is 0 Å². The fraction of sp³-hybridized carbons (Fsp3) is 0.348. The molecule has 2 N–H and O–H groups in total. The molecule has 0 bridgehead atoms. The lowest BCUT2D eigenvalue weighted by Crippen LogP contribution is -2.41. The lowest BCUT2D eigenvalue weighted by Gasteiger charge is -2.23. The van der Waals surface area contributed by atoms with Crippen LogP contribution in [0.4, 0.5) is 11.4 Å². The Morgan fingerprint density at radius 2 is 1.29 bits per heavy atom. The molecule has 0 heterocycles. The Morgan fingerprint density at radius 3 is 1.79 bits per heavy atom. The molecule has 0 atom stereocenters. The van der Waals surface area contributed by atoms with Crippen molar-refractivity contribution in [3.05, 3.63) is 59.7 Å². The standard InChI is InChI=1S/C23H28N2O3/c1-15(26)16-8-7-9-19(14-16)25-21(28)23(5,6)20(27)24-18-12-10-17(11-13-18)22(2,3)4/h7-14H,1-6H3,(H,24,27)(H,25,28). The van der Waals surface area contributed by atoms with E-state index in [1.165, 1.54) is 6.92 Å². The fourth-order valence-electron chi connectivity index (χ4n) is 2.55. The molecule has 2 aromatic carbocycles. The van der Waals surface area contributed by atoms with Crippen LogP contribution in [0.15, 0.2) is 48.5 Å². The van der Waals surface area contributed by atoms with Crippen molar-refractivity contribution in [3.63, 3.8) is 0 Å². The second kappa shape index (κ2) is 7.97. The Hall–Kier alpha value is -2.95. The summed E-state index contributed by atoms with van der Waals surface area (Å²) in [6, 6.07) is 14.3. The largest absolute Gasteiger partial charge is 0.325 e. The first kappa shape index (κ1) is 21.4.